The molecule has 12 heavy (non-hydrogen) atoms. The van der Waals surface area contributed by atoms with Gasteiger partial charge in [0.25, 0.3) is 0 Å². The third kappa shape index (κ3) is 3.13. The lowest BCUT2D eigenvalue weighted by atomic mass is 9.97. The zero-order chi connectivity index (χ0) is 9.19. The number of amides is 1. The molecule has 1 fully saturated rings. The minimum Gasteiger partial charge on any atom is -0.355 e. The first-order chi connectivity index (χ1) is 5.55. The summed E-state index contributed by atoms with van der Waals surface area (Å²) in [6, 6.07) is 0. The van der Waals surface area contributed by atoms with Gasteiger partial charge in [0, 0.05) is 17.8 Å². The molecule has 0 aromatic heterocycles. The summed E-state index contributed by atoms with van der Waals surface area (Å²) in [7, 11) is 0. The second-order valence-electron chi connectivity index (χ2n) is 4.29. The number of alkyl halides is 1. The normalized spacial score (nSPS) is 17.6. The van der Waals surface area contributed by atoms with Gasteiger partial charge in [-0.3, -0.25) is 4.79 Å². The second kappa shape index (κ2) is 3.77. The van der Waals surface area contributed by atoms with Gasteiger partial charge in [0.1, 0.15) is 0 Å². The van der Waals surface area contributed by atoms with Gasteiger partial charge in [-0.15, -0.1) is 0 Å². The van der Waals surface area contributed by atoms with E-state index in [2.05, 4.69) is 35.1 Å². The molecule has 0 unspecified atom stereocenters. The van der Waals surface area contributed by atoms with E-state index in [1.807, 2.05) is 0 Å². The van der Waals surface area contributed by atoms with Crippen LogP contribution in [0.25, 0.3) is 0 Å². The maximum Gasteiger partial charge on any atom is 0.223 e. The highest BCUT2D eigenvalue weighted by Gasteiger charge is 2.30. The fourth-order valence-corrected chi connectivity index (χ4v) is 1.06. The van der Waals surface area contributed by atoms with Crippen LogP contribution in [0.4, 0.5) is 0 Å². The summed E-state index contributed by atoms with van der Waals surface area (Å²) in [6.07, 6.45) is 2.17. The molecule has 0 aliphatic heterocycles. The smallest absolute Gasteiger partial charge is 0.223 e. The van der Waals surface area contributed by atoms with E-state index in [0.717, 1.165) is 24.7 Å². The highest BCUT2D eigenvalue weighted by molar-refractivity contribution is 9.09. The van der Waals surface area contributed by atoms with E-state index in [9.17, 15) is 4.79 Å². The number of nitrogens with one attached hydrogen (secondary N) is 1. The number of rotatable bonds is 4. The van der Waals surface area contributed by atoms with Gasteiger partial charge in [0.05, 0.1) is 0 Å². The molecule has 0 aromatic rings. The lowest BCUT2D eigenvalue weighted by molar-refractivity contribution is -0.122. The Bertz CT molecular complexity index is 175. The molecule has 1 N–H and O–H groups in total. The Morgan fingerprint density at radius 3 is 2.58 bits per heavy atom. The van der Waals surface area contributed by atoms with Crippen molar-refractivity contribution in [1.82, 2.24) is 5.32 Å². The average molecular weight is 234 g/mol. The van der Waals surface area contributed by atoms with Crippen molar-refractivity contribution in [3.05, 3.63) is 0 Å². The van der Waals surface area contributed by atoms with Crippen LogP contribution in [0.3, 0.4) is 0 Å². The lowest BCUT2D eigenvalue weighted by Crippen LogP contribution is -2.35. The van der Waals surface area contributed by atoms with Crippen molar-refractivity contribution in [3.8, 4) is 0 Å². The molecule has 1 aliphatic rings. The molecule has 1 aliphatic carbocycles. The largest absolute Gasteiger partial charge is 0.355 e. The molecule has 0 radical (unpaired) electrons. The van der Waals surface area contributed by atoms with Crippen LogP contribution in [0.5, 0.6) is 0 Å². The molecular formula is C9H16BrNO. The van der Waals surface area contributed by atoms with Crippen LogP contribution < -0.4 is 5.32 Å². The van der Waals surface area contributed by atoms with Gasteiger partial charge >= 0.3 is 0 Å². The lowest BCUT2D eigenvalue weighted by Gasteiger charge is -2.21. The summed E-state index contributed by atoms with van der Waals surface area (Å²) in [5, 5.41) is 3.89. The Morgan fingerprint density at radius 2 is 2.17 bits per heavy atom. The van der Waals surface area contributed by atoms with Crippen LogP contribution in [-0.4, -0.2) is 17.8 Å². The Morgan fingerprint density at radius 1 is 1.58 bits per heavy atom. The topological polar surface area (TPSA) is 29.1 Å². The fourth-order valence-electron chi connectivity index (χ4n) is 0.863. The van der Waals surface area contributed by atoms with E-state index in [-0.39, 0.29) is 11.3 Å². The minimum absolute atomic E-state index is 0.171. The van der Waals surface area contributed by atoms with E-state index < -0.39 is 0 Å². The van der Waals surface area contributed by atoms with Crippen LogP contribution in [0.2, 0.25) is 0 Å². The molecular weight excluding hydrogens is 218 g/mol. The number of hydrogen-bond acceptors (Lipinski definition) is 1. The molecule has 70 valence electrons. The van der Waals surface area contributed by atoms with Gasteiger partial charge < -0.3 is 5.32 Å². The van der Waals surface area contributed by atoms with Crippen molar-refractivity contribution in [3.63, 3.8) is 0 Å². The van der Waals surface area contributed by atoms with E-state index in [1.165, 1.54) is 0 Å². The van der Waals surface area contributed by atoms with Gasteiger partial charge in [0.15, 0.2) is 0 Å². The zero-order valence-electron chi connectivity index (χ0n) is 7.69. The summed E-state index contributed by atoms with van der Waals surface area (Å²) in [5.41, 5.74) is 0.171. The molecule has 1 rings (SSSR count). The number of hydrogen-bond donors (Lipinski definition) is 1. The van der Waals surface area contributed by atoms with Crippen molar-refractivity contribution in [2.45, 2.75) is 26.7 Å². The first-order valence-corrected chi connectivity index (χ1v) is 5.51. The van der Waals surface area contributed by atoms with Crippen LogP contribution in [0, 0.1) is 11.3 Å². The maximum absolute atomic E-state index is 11.2. The molecule has 0 spiro atoms. The standard InChI is InChI=1S/C9H16BrNO/c1-9(2,5-10)6-11-8(12)7-3-4-7/h7H,3-6H2,1-2H3,(H,11,12). The molecule has 0 heterocycles. The summed E-state index contributed by atoms with van der Waals surface area (Å²) < 4.78 is 0. The fraction of sp³-hybridized carbons (Fsp3) is 0.889. The predicted molar refractivity (Wildman–Crippen MR) is 53.3 cm³/mol. The molecule has 0 bridgehead atoms. The van der Waals surface area contributed by atoms with Crippen molar-refractivity contribution in [1.29, 1.82) is 0 Å². The molecule has 3 heteroatoms. The SMILES string of the molecule is CC(C)(CBr)CNC(=O)C1CC1. The van der Waals surface area contributed by atoms with Crippen LogP contribution >= 0.6 is 15.9 Å². The third-order valence-electron chi connectivity index (χ3n) is 2.05. The van der Waals surface area contributed by atoms with Gasteiger partial charge in [-0.2, -0.15) is 0 Å². The van der Waals surface area contributed by atoms with Crippen molar-refractivity contribution < 1.29 is 4.79 Å². The third-order valence-corrected chi connectivity index (χ3v) is 3.57. The Hall–Kier alpha value is -0.0500. The highest BCUT2D eigenvalue weighted by Crippen LogP contribution is 2.29. The van der Waals surface area contributed by atoms with Crippen molar-refractivity contribution in [2.75, 3.05) is 11.9 Å². The predicted octanol–water partition coefficient (Wildman–Crippen LogP) is 1.93. The summed E-state index contributed by atoms with van der Waals surface area (Å²) >= 11 is 3.42. The van der Waals surface area contributed by atoms with Gasteiger partial charge in [-0.25, -0.2) is 0 Å². The summed E-state index contributed by atoms with van der Waals surface area (Å²) in [6.45, 7) is 5.04. The molecule has 1 amide bonds. The Balaban J connectivity index is 2.19. The molecule has 2 nitrogen and oxygen atoms in total. The summed E-state index contributed by atoms with van der Waals surface area (Å²) in [4.78, 5) is 11.2. The molecule has 0 atom stereocenters. The Labute approximate surface area is 82.2 Å². The van der Waals surface area contributed by atoms with Gasteiger partial charge in [-0.05, 0) is 18.3 Å². The first-order valence-electron chi connectivity index (χ1n) is 4.39. The first kappa shape index (κ1) is 10.0. The van der Waals surface area contributed by atoms with E-state index in [0.29, 0.717) is 5.92 Å². The van der Waals surface area contributed by atoms with Crippen molar-refractivity contribution in [2.24, 2.45) is 11.3 Å². The van der Waals surface area contributed by atoms with Crippen LogP contribution in [0.15, 0.2) is 0 Å². The van der Waals surface area contributed by atoms with Crippen LogP contribution in [0.1, 0.15) is 26.7 Å². The van der Waals surface area contributed by atoms with E-state index in [1.54, 1.807) is 0 Å². The molecule has 0 saturated heterocycles. The number of carbonyl (C=O) groups excluding carboxylic acids is 1. The highest BCUT2D eigenvalue weighted by atomic mass is 79.9. The van der Waals surface area contributed by atoms with E-state index in [4.69, 9.17) is 0 Å². The Kier molecular flexibility index (Phi) is 3.16. The quantitative estimate of drug-likeness (QED) is 0.740. The zero-order valence-corrected chi connectivity index (χ0v) is 9.28. The van der Waals surface area contributed by atoms with E-state index >= 15 is 0 Å². The van der Waals surface area contributed by atoms with Gasteiger partial charge in [0.2, 0.25) is 5.91 Å². The second-order valence-corrected chi connectivity index (χ2v) is 4.85. The number of halogens is 1. The van der Waals surface area contributed by atoms with Crippen LogP contribution in [-0.2, 0) is 4.79 Å². The number of carbonyl (C=O) groups is 1. The maximum atomic E-state index is 11.2. The monoisotopic (exact) mass is 233 g/mol. The minimum atomic E-state index is 0.171. The molecule has 1 saturated carbocycles. The molecule has 0 aromatic carbocycles. The van der Waals surface area contributed by atoms with Crippen molar-refractivity contribution >= 4 is 21.8 Å². The summed E-state index contributed by atoms with van der Waals surface area (Å²) in [5.74, 6) is 0.570. The average Bonchev–Trinajstić information content (AvgIpc) is 2.83. The van der Waals surface area contributed by atoms with Gasteiger partial charge in [-0.1, -0.05) is 29.8 Å².